The second-order valence-corrected chi connectivity index (χ2v) is 7.95. The molecule has 2 aromatic carbocycles. The van der Waals surface area contributed by atoms with E-state index in [0.29, 0.717) is 33.9 Å². The van der Waals surface area contributed by atoms with E-state index in [1.807, 2.05) is 43.3 Å². The van der Waals surface area contributed by atoms with Crippen molar-refractivity contribution in [3.05, 3.63) is 59.2 Å². The molecule has 3 aromatic rings. The number of ether oxygens (including phenoxy) is 2. The van der Waals surface area contributed by atoms with Gasteiger partial charge in [-0.15, -0.1) is 0 Å². The fraction of sp³-hybridized carbons (Fsp3) is 0.273. The Bertz CT molecular complexity index is 969. The number of nitrogen functional groups attached to an aromatic ring is 1. The van der Waals surface area contributed by atoms with Crippen molar-refractivity contribution in [2.75, 3.05) is 25.2 Å². The molecule has 30 heavy (non-hydrogen) atoms. The number of aryl methyl sites for hydroxylation is 1. The number of hydrogen-bond donors (Lipinski definition) is 2. The van der Waals surface area contributed by atoms with Crippen molar-refractivity contribution < 1.29 is 14.6 Å². The number of aromatic nitrogens is 2. The van der Waals surface area contributed by atoms with Crippen LogP contribution in [0.5, 0.6) is 11.5 Å². The van der Waals surface area contributed by atoms with Crippen LogP contribution in [0, 0.1) is 0 Å². The largest absolute Gasteiger partial charge is 0.497 e. The number of methoxy groups -OCH3 is 1. The van der Waals surface area contributed by atoms with Gasteiger partial charge in [0.1, 0.15) is 23.9 Å². The van der Waals surface area contributed by atoms with Crippen molar-refractivity contribution >= 4 is 29.2 Å². The highest BCUT2D eigenvalue weighted by atomic mass is 35.5. The van der Waals surface area contributed by atoms with Crippen molar-refractivity contribution in [2.45, 2.75) is 24.6 Å². The Hall–Kier alpha value is -2.48. The molecule has 158 valence electrons. The maximum atomic E-state index is 10.3. The fourth-order valence-corrected chi connectivity index (χ4v) is 3.74. The summed E-state index contributed by atoms with van der Waals surface area (Å²) in [6, 6.07) is 14.7. The fourth-order valence-electron chi connectivity index (χ4n) is 2.84. The molecule has 6 nitrogen and oxygen atoms in total. The van der Waals surface area contributed by atoms with Crippen LogP contribution in [0.2, 0.25) is 5.02 Å². The van der Waals surface area contributed by atoms with E-state index in [1.54, 1.807) is 19.2 Å². The first-order chi connectivity index (χ1) is 14.5. The smallest absolute Gasteiger partial charge is 0.189 e. The number of aliphatic hydroxyl groups excluding tert-OH is 1. The number of nitrogens with zero attached hydrogens (tertiary/aromatic N) is 2. The minimum absolute atomic E-state index is 0.165. The number of anilines is 1. The van der Waals surface area contributed by atoms with Crippen LogP contribution in [0.1, 0.15) is 12.6 Å². The zero-order valence-electron chi connectivity index (χ0n) is 16.8. The molecule has 0 saturated heterocycles. The molecule has 3 N–H and O–H groups in total. The van der Waals surface area contributed by atoms with Gasteiger partial charge < -0.3 is 20.3 Å². The van der Waals surface area contributed by atoms with Crippen LogP contribution in [-0.2, 0) is 6.42 Å². The van der Waals surface area contributed by atoms with Gasteiger partial charge in [0.05, 0.1) is 18.9 Å². The highest BCUT2D eigenvalue weighted by Crippen LogP contribution is 2.31. The Balaban J connectivity index is 1.62. The standard InChI is InChI=1S/C22H24ClN3O3S/c1-3-19-20(14-4-6-15(23)7-5-14)21(24)26-22(25-19)30-13-16(27)12-29-18-10-8-17(28-2)9-11-18/h4-11,16,27H,3,12-13H2,1-2H3,(H2,24,25,26)/t16-/m1/s1. The molecule has 0 bridgehead atoms. The second kappa shape index (κ2) is 10.5. The van der Waals surface area contributed by atoms with Crippen LogP contribution in [0.25, 0.3) is 11.1 Å². The molecular weight excluding hydrogens is 422 g/mol. The summed E-state index contributed by atoms with van der Waals surface area (Å²) in [7, 11) is 1.61. The summed E-state index contributed by atoms with van der Waals surface area (Å²) < 4.78 is 10.7. The van der Waals surface area contributed by atoms with E-state index in [0.717, 1.165) is 22.6 Å². The molecular formula is C22H24ClN3O3S. The number of hydrogen-bond acceptors (Lipinski definition) is 7. The van der Waals surface area contributed by atoms with Crippen LogP contribution in [0.4, 0.5) is 5.82 Å². The van der Waals surface area contributed by atoms with Gasteiger partial charge in [0.2, 0.25) is 0 Å². The van der Waals surface area contributed by atoms with E-state index in [2.05, 4.69) is 9.97 Å². The third-order valence-corrected chi connectivity index (χ3v) is 5.61. The van der Waals surface area contributed by atoms with Gasteiger partial charge in [0, 0.05) is 16.3 Å². The van der Waals surface area contributed by atoms with Crippen LogP contribution in [0.3, 0.4) is 0 Å². The molecule has 1 aromatic heterocycles. The number of rotatable bonds is 9. The Morgan fingerprint density at radius 2 is 1.73 bits per heavy atom. The molecule has 3 rings (SSSR count). The molecule has 0 saturated carbocycles. The Morgan fingerprint density at radius 3 is 2.37 bits per heavy atom. The lowest BCUT2D eigenvalue weighted by atomic mass is 10.0. The molecule has 0 aliphatic heterocycles. The van der Waals surface area contributed by atoms with Gasteiger partial charge in [-0.2, -0.15) is 0 Å². The van der Waals surface area contributed by atoms with Crippen molar-refractivity contribution in [1.29, 1.82) is 0 Å². The van der Waals surface area contributed by atoms with Crippen molar-refractivity contribution in [3.63, 3.8) is 0 Å². The van der Waals surface area contributed by atoms with Crippen LogP contribution >= 0.6 is 23.4 Å². The predicted octanol–water partition coefficient (Wildman–Crippen LogP) is 4.48. The van der Waals surface area contributed by atoms with E-state index < -0.39 is 6.10 Å². The summed E-state index contributed by atoms with van der Waals surface area (Å²) in [5, 5.41) is 11.5. The molecule has 8 heteroatoms. The summed E-state index contributed by atoms with van der Waals surface area (Å²) in [6.07, 6.45) is 0.0319. The summed E-state index contributed by atoms with van der Waals surface area (Å²) in [5.41, 5.74) is 8.85. The lowest BCUT2D eigenvalue weighted by Crippen LogP contribution is -2.20. The lowest BCUT2D eigenvalue weighted by molar-refractivity contribution is 0.126. The van der Waals surface area contributed by atoms with Gasteiger partial charge in [-0.1, -0.05) is 42.4 Å². The van der Waals surface area contributed by atoms with E-state index in [9.17, 15) is 5.11 Å². The number of thioether (sulfide) groups is 1. The van der Waals surface area contributed by atoms with Gasteiger partial charge in [0.25, 0.3) is 0 Å². The average Bonchev–Trinajstić information content (AvgIpc) is 2.77. The van der Waals surface area contributed by atoms with Crippen molar-refractivity contribution in [2.24, 2.45) is 0 Å². The SMILES string of the molecule is CCc1nc(SC[C@H](O)COc2ccc(OC)cc2)nc(N)c1-c1ccc(Cl)cc1. The summed E-state index contributed by atoms with van der Waals surface area (Å²) >= 11 is 7.33. The summed E-state index contributed by atoms with van der Waals surface area (Å²) in [4.78, 5) is 9.05. The van der Waals surface area contributed by atoms with E-state index in [1.165, 1.54) is 11.8 Å². The maximum Gasteiger partial charge on any atom is 0.189 e. The van der Waals surface area contributed by atoms with E-state index in [4.69, 9.17) is 26.8 Å². The molecule has 1 atom stereocenters. The molecule has 0 amide bonds. The highest BCUT2D eigenvalue weighted by molar-refractivity contribution is 7.99. The van der Waals surface area contributed by atoms with Crippen LogP contribution in [-0.4, -0.2) is 40.6 Å². The van der Waals surface area contributed by atoms with E-state index >= 15 is 0 Å². The topological polar surface area (TPSA) is 90.5 Å². The van der Waals surface area contributed by atoms with Gasteiger partial charge in [-0.05, 0) is 48.4 Å². The third kappa shape index (κ3) is 5.78. The van der Waals surface area contributed by atoms with Gasteiger partial charge in [-0.3, -0.25) is 0 Å². The number of benzene rings is 2. The Kier molecular flexibility index (Phi) is 7.79. The highest BCUT2D eigenvalue weighted by Gasteiger charge is 2.15. The summed E-state index contributed by atoms with van der Waals surface area (Å²) in [5.74, 6) is 2.22. The second-order valence-electron chi connectivity index (χ2n) is 6.52. The lowest BCUT2D eigenvalue weighted by Gasteiger charge is -2.14. The summed E-state index contributed by atoms with van der Waals surface area (Å²) in [6.45, 7) is 2.19. The van der Waals surface area contributed by atoms with Crippen molar-refractivity contribution in [3.8, 4) is 22.6 Å². The average molecular weight is 446 g/mol. The molecule has 0 spiro atoms. The molecule has 0 aliphatic carbocycles. The van der Waals surface area contributed by atoms with Crippen molar-refractivity contribution in [1.82, 2.24) is 9.97 Å². The minimum Gasteiger partial charge on any atom is -0.497 e. The molecule has 1 heterocycles. The minimum atomic E-state index is -0.678. The normalized spacial score (nSPS) is 11.9. The first-order valence-corrected chi connectivity index (χ1v) is 10.9. The zero-order chi connectivity index (χ0) is 21.5. The maximum absolute atomic E-state index is 10.3. The Labute approximate surface area is 185 Å². The van der Waals surface area contributed by atoms with Gasteiger partial charge in [0.15, 0.2) is 5.16 Å². The molecule has 0 fully saturated rings. The first-order valence-electron chi connectivity index (χ1n) is 9.50. The van der Waals surface area contributed by atoms with Gasteiger partial charge >= 0.3 is 0 Å². The number of nitrogens with two attached hydrogens (primary N) is 1. The van der Waals surface area contributed by atoms with E-state index in [-0.39, 0.29) is 6.61 Å². The van der Waals surface area contributed by atoms with Gasteiger partial charge in [-0.25, -0.2) is 9.97 Å². The molecule has 0 radical (unpaired) electrons. The molecule has 0 aliphatic rings. The molecule has 0 unspecified atom stereocenters. The first kappa shape index (κ1) is 22.2. The Morgan fingerprint density at radius 1 is 1.07 bits per heavy atom. The third-order valence-electron chi connectivity index (χ3n) is 4.37. The zero-order valence-corrected chi connectivity index (χ0v) is 18.4. The number of aliphatic hydroxyl groups is 1. The quantitative estimate of drug-likeness (QED) is 0.370. The van der Waals surface area contributed by atoms with Crippen LogP contribution in [0.15, 0.2) is 53.7 Å². The number of halogens is 1. The predicted molar refractivity (Wildman–Crippen MR) is 121 cm³/mol. The monoisotopic (exact) mass is 445 g/mol. The van der Waals surface area contributed by atoms with Crippen LogP contribution < -0.4 is 15.2 Å².